The van der Waals surface area contributed by atoms with Gasteiger partial charge in [0.05, 0.1) is 6.04 Å². The van der Waals surface area contributed by atoms with Crippen molar-refractivity contribution < 1.29 is 14.4 Å². The summed E-state index contributed by atoms with van der Waals surface area (Å²) in [6.45, 7) is 4.12. The minimum absolute atomic E-state index is 0.0316. The third kappa shape index (κ3) is 3.92. The van der Waals surface area contributed by atoms with Crippen LogP contribution in [0.5, 0.6) is 0 Å². The molecule has 25 heavy (non-hydrogen) atoms. The zero-order chi connectivity index (χ0) is 18.0. The van der Waals surface area contributed by atoms with Crippen LogP contribution in [-0.2, 0) is 16.0 Å². The standard InChI is InChI=1S/C18H24N4O3/c1-11(2)19-18(25)20-13-9-15-16(23)21-14(17(24)22(15)10-13)8-12-6-4-3-5-7-12/h3-7,11,13-15H,8-10H2,1-2H3,(H,21,23)(H2,19,20,25). The number of carbonyl (C=O) groups excluding carboxylic acids is 3. The molecule has 0 radical (unpaired) electrons. The zero-order valence-electron chi connectivity index (χ0n) is 14.5. The van der Waals surface area contributed by atoms with Gasteiger partial charge in [-0.1, -0.05) is 30.3 Å². The maximum Gasteiger partial charge on any atom is 0.315 e. The van der Waals surface area contributed by atoms with Crippen molar-refractivity contribution in [2.45, 2.75) is 50.9 Å². The van der Waals surface area contributed by atoms with Crippen LogP contribution in [0, 0.1) is 0 Å². The number of benzene rings is 1. The highest BCUT2D eigenvalue weighted by atomic mass is 16.2. The van der Waals surface area contributed by atoms with Gasteiger partial charge >= 0.3 is 6.03 Å². The normalized spacial score (nSPS) is 25.6. The summed E-state index contributed by atoms with van der Waals surface area (Å²) < 4.78 is 0. The Morgan fingerprint density at radius 2 is 2.00 bits per heavy atom. The molecule has 1 aromatic carbocycles. The molecule has 2 aliphatic rings. The lowest BCUT2D eigenvalue weighted by Crippen LogP contribution is -2.61. The smallest absolute Gasteiger partial charge is 0.315 e. The highest BCUT2D eigenvalue weighted by Gasteiger charge is 2.46. The Morgan fingerprint density at radius 1 is 1.28 bits per heavy atom. The average Bonchev–Trinajstić information content (AvgIpc) is 2.97. The van der Waals surface area contributed by atoms with E-state index in [-0.39, 0.29) is 29.9 Å². The SMILES string of the molecule is CC(C)NC(=O)NC1CC2C(=O)NC(Cc3ccccc3)C(=O)N2C1. The van der Waals surface area contributed by atoms with Crippen LogP contribution in [0.4, 0.5) is 4.79 Å². The first kappa shape index (κ1) is 17.3. The monoisotopic (exact) mass is 344 g/mol. The maximum absolute atomic E-state index is 12.7. The lowest BCUT2D eigenvalue weighted by atomic mass is 10.0. The Morgan fingerprint density at radius 3 is 2.68 bits per heavy atom. The minimum atomic E-state index is -0.547. The summed E-state index contributed by atoms with van der Waals surface area (Å²) in [5.41, 5.74) is 1.00. The van der Waals surface area contributed by atoms with Crippen LogP contribution in [0.3, 0.4) is 0 Å². The number of carbonyl (C=O) groups is 3. The maximum atomic E-state index is 12.7. The molecule has 7 heteroatoms. The molecule has 2 saturated heterocycles. The van der Waals surface area contributed by atoms with Crippen molar-refractivity contribution in [2.75, 3.05) is 6.54 Å². The summed E-state index contributed by atoms with van der Waals surface area (Å²) in [6.07, 6.45) is 0.918. The molecular formula is C18H24N4O3. The second-order valence-electron chi connectivity index (χ2n) is 6.96. The highest BCUT2D eigenvalue weighted by molar-refractivity contribution is 5.97. The quantitative estimate of drug-likeness (QED) is 0.739. The first-order valence-electron chi connectivity index (χ1n) is 8.66. The highest BCUT2D eigenvalue weighted by Crippen LogP contribution is 2.24. The molecule has 7 nitrogen and oxygen atoms in total. The molecule has 2 heterocycles. The van der Waals surface area contributed by atoms with Crippen LogP contribution in [0.25, 0.3) is 0 Å². The van der Waals surface area contributed by atoms with Gasteiger partial charge in [-0.2, -0.15) is 0 Å². The van der Waals surface area contributed by atoms with Gasteiger partial charge in [0, 0.05) is 19.0 Å². The number of rotatable bonds is 4. The van der Waals surface area contributed by atoms with Gasteiger partial charge in [0.1, 0.15) is 12.1 Å². The van der Waals surface area contributed by atoms with Crippen LogP contribution in [0.1, 0.15) is 25.8 Å². The van der Waals surface area contributed by atoms with E-state index in [9.17, 15) is 14.4 Å². The van der Waals surface area contributed by atoms with Crippen molar-refractivity contribution in [3.05, 3.63) is 35.9 Å². The van der Waals surface area contributed by atoms with E-state index in [1.807, 2.05) is 44.2 Å². The first-order valence-corrected chi connectivity index (χ1v) is 8.66. The Kier molecular flexibility index (Phi) is 4.92. The van der Waals surface area contributed by atoms with E-state index in [4.69, 9.17) is 0 Å². The van der Waals surface area contributed by atoms with Gasteiger partial charge in [-0.05, 0) is 25.8 Å². The van der Waals surface area contributed by atoms with E-state index >= 15 is 0 Å². The number of amides is 4. The van der Waals surface area contributed by atoms with Crippen molar-refractivity contribution in [3.8, 4) is 0 Å². The molecule has 0 aliphatic carbocycles. The number of hydrogen-bond donors (Lipinski definition) is 3. The summed E-state index contributed by atoms with van der Waals surface area (Å²) >= 11 is 0. The minimum Gasteiger partial charge on any atom is -0.342 e. The molecule has 0 bridgehead atoms. The lowest BCUT2D eigenvalue weighted by Gasteiger charge is -2.34. The van der Waals surface area contributed by atoms with Gasteiger partial charge in [-0.3, -0.25) is 9.59 Å². The molecule has 134 valence electrons. The van der Waals surface area contributed by atoms with Gasteiger partial charge in [-0.15, -0.1) is 0 Å². The van der Waals surface area contributed by atoms with E-state index in [2.05, 4.69) is 16.0 Å². The molecule has 2 fully saturated rings. The van der Waals surface area contributed by atoms with Gasteiger partial charge in [-0.25, -0.2) is 4.79 Å². The summed E-state index contributed by atoms with van der Waals surface area (Å²) in [6, 6.07) is 8.13. The van der Waals surface area contributed by atoms with Gasteiger partial charge in [0.15, 0.2) is 0 Å². The van der Waals surface area contributed by atoms with E-state index in [0.29, 0.717) is 19.4 Å². The molecule has 3 rings (SSSR count). The summed E-state index contributed by atoms with van der Waals surface area (Å²) in [4.78, 5) is 38.6. The van der Waals surface area contributed by atoms with Crippen molar-refractivity contribution in [3.63, 3.8) is 0 Å². The molecule has 0 aromatic heterocycles. The predicted molar refractivity (Wildman–Crippen MR) is 92.8 cm³/mol. The molecule has 0 saturated carbocycles. The van der Waals surface area contributed by atoms with E-state index < -0.39 is 12.1 Å². The van der Waals surface area contributed by atoms with E-state index in [1.54, 1.807) is 4.90 Å². The topological polar surface area (TPSA) is 90.5 Å². The fourth-order valence-corrected chi connectivity index (χ4v) is 3.44. The van der Waals surface area contributed by atoms with Crippen molar-refractivity contribution >= 4 is 17.8 Å². The number of urea groups is 1. The Bertz CT molecular complexity index is 662. The molecule has 2 aliphatic heterocycles. The molecular weight excluding hydrogens is 320 g/mol. The lowest BCUT2D eigenvalue weighted by molar-refractivity contribution is -0.147. The number of nitrogens with one attached hydrogen (secondary N) is 3. The fourth-order valence-electron chi connectivity index (χ4n) is 3.44. The van der Waals surface area contributed by atoms with Crippen molar-refractivity contribution in [2.24, 2.45) is 0 Å². The van der Waals surface area contributed by atoms with Gasteiger partial charge in [0.25, 0.3) is 0 Å². The summed E-state index contributed by atoms with van der Waals surface area (Å²) in [5.74, 6) is -0.226. The first-order chi connectivity index (χ1) is 11.9. The Balaban J connectivity index is 1.64. The molecule has 0 spiro atoms. The number of nitrogens with zero attached hydrogens (tertiary/aromatic N) is 1. The molecule has 4 amide bonds. The van der Waals surface area contributed by atoms with Crippen molar-refractivity contribution in [1.29, 1.82) is 0 Å². The largest absolute Gasteiger partial charge is 0.342 e. The molecule has 1 aromatic rings. The molecule has 3 unspecified atom stereocenters. The Hall–Kier alpha value is -2.57. The van der Waals surface area contributed by atoms with Crippen molar-refractivity contribution in [1.82, 2.24) is 20.9 Å². The van der Waals surface area contributed by atoms with Crippen LogP contribution < -0.4 is 16.0 Å². The van der Waals surface area contributed by atoms with Crippen LogP contribution in [0.15, 0.2) is 30.3 Å². The van der Waals surface area contributed by atoms with Gasteiger partial charge < -0.3 is 20.9 Å². The average molecular weight is 344 g/mol. The second kappa shape index (κ2) is 7.13. The second-order valence-corrected chi connectivity index (χ2v) is 6.96. The third-order valence-corrected chi connectivity index (χ3v) is 4.54. The predicted octanol–water partition coefficient (Wildman–Crippen LogP) is 0.405. The summed E-state index contributed by atoms with van der Waals surface area (Å²) in [5, 5.41) is 8.44. The summed E-state index contributed by atoms with van der Waals surface area (Å²) in [7, 11) is 0. The molecule has 3 N–H and O–H groups in total. The zero-order valence-corrected chi connectivity index (χ0v) is 14.5. The van der Waals surface area contributed by atoms with Crippen LogP contribution in [-0.4, -0.2) is 53.5 Å². The number of piperazine rings is 1. The van der Waals surface area contributed by atoms with E-state index in [0.717, 1.165) is 5.56 Å². The van der Waals surface area contributed by atoms with Gasteiger partial charge in [0.2, 0.25) is 11.8 Å². The third-order valence-electron chi connectivity index (χ3n) is 4.54. The fraction of sp³-hybridized carbons (Fsp3) is 0.500. The molecule has 3 atom stereocenters. The Labute approximate surface area is 147 Å². The number of hydrogen-bond acceptors (Lipinski definition) is 3. The number of fused-ring (bicyclic) bond motifs is 1. The van der Waals surface area contributed by atoms with E-state index in [1.165, 1.54) is 0 Å². The van der Waals surface area contributed by atoms with Crippen LogP contribution >= 0.6 is 0 Å². The van der Waals surface area contributed by atoms with Crippen LogP contribution in [0.2, 0.25) is 0 Å².